The van der Waals surface area contributed by atoms with E-state index in [9.17, 15) is 10.1 Å². The summed E-state index contributed by atoms with van der Waals surface area (Å²) in [5, 5.41) is 12.8. The second-order valence-corrected chi connectivity index (χ2v) is 4.84. The fourth-order valence-corrected chi connectivity index (χ4v) is 2.50. The van der Waals surface area contributed by atoms with Gasteiger partial charge in [0.2, 0.25) is 0 Å². The number of benzene rings is 2. The van der Waals surface area contributed by atoms with Crippen LogP contribution >= 0.6 is 0 Å². The SMILES string of the molecule is CCCCN(CC)c1ccc([N+](=O)[O-])c2ccccc12. The number of unbranched alkanes of at least 4 members (excludes halogenated alkanes) is 1. The van der Waals surface area contributed by atoms with Gasteiger partial charge in [0.25, 0.3) is 5.69 Å². The molecule has 0 aromatic heterocycles. The first-order valence-electron chi connectivity index (χ1n) is 7.10. The van der Waals surface area contributed by atoms with E-state index in [4.69, 9.17) is 0 Å². The fraction of sp³-hybridized carbons (Fsp3) is 0.375. The van der Waals surface area contributed by atoms with Crippen molar-refractivity contribution in [2.45, 2.75) is 26.7 Å². The number of fused-ring (bicyclic) bond motifs is 1. The van der Waals surface area contributed by atoms with Crippen molar-refractivity contribution in [3.8, 4) is 0 Å². The minimum absolute atomic E-state index is 0.177. The van der Waals surface area contributed by atoms with Crippen molar-refractivity contribution in [1.82, 2.24) is 0 Å². The Balaban J connectivity index is 2.54. The molecule has 4 heteroatoms. The Morgan fingerprint density at radius 3 is 2.40 bits per heavy atom. The monoisotopic (exact) mass is 272 g/mol. The minimum Gasteiger partial charge on any atom is -0.371 e. The van der Waals surface area contributed by atoms with E-state index in [0.29, 0.717) is 5.39 Å². The van der Waals surface area contributed by atoms with E-state index in [1.165, 1.54) is 0 Å². The van der Waals surface area contributed by atoms with Crippen molar-refractivity contribution >= 4 is 22.1 Å². The summed E-state index contributed by atoms with van der Waals surface area (Å²) in [5.41, 5.74) is 1.26. The lowest BCUT2D eigenvalue weighted by atomic mass is 10.1. The molecule has 0 amide bonds. The maximum absolute atomic E-state index is 11.1. The Labute approximate surface area is 119 Å². The van der Waals surface area contributed by atoms with E-state index >= 15 is 0 Å². The summed E-state index contributed by atoms with van der Waals surface area (Å²) in [4.78, 5) is 13.1. The van der Waals surface area contributed by atoms with Gasteiger partial charge in [-0.2, -0.15) is 0 Å². The van der Waals surface area contributed by atoms with Gasteiger partial charge in [-0.05, 0) is 25.5 Å². The van der Waals surface area contributed by atoms with Crippen molar-refractivity contribution in [3.05, 3.63) is 46.5 Å². The van der Waals surface area contributed by atoms with Crippen molar-refractivity contribution in [1.29, 1.82) is 0 Å². The molecule has 0 aliphatic heterocycles. The highest BCUT2D eigenvalue weighted by Gasteiger charge is 2.16. The molecular weight excluding hydrogens is 252 g/mol. The van der Waals surface area contributed by atoms with Gasteiger partial charge in [0, 0.05) is 30.2 Å². The number of anilines is 1. The smallest absolute Gasteiger partial charge is 0.277 e. The van der Waals surface area contributed by atoms with Crippen molar-refractivity contribution in [2.24, 2.45) is 0 Å². The molecule has 0 spiro atoms. The van der Waals surface area contributed by atoms with Gasteiger partial charge < -0.3 is 4.90 Å². The van der Waals surface area contributed by atoms with Crippen LogP contribution in [0.5, 0.6) is 0 Å². The van der Waals surface area contributed by atoms with Gasteiger partial charge >= 0.3 is 0 Å². The van der Waals surface area contributed by atoms with Gasteiger partial charge in [-0.15, -0.1) is 0 Å². The van der Waals surface area contributed by atoms with E-state index in [1.54, 1.807) is 6.07 Å². The third-order valence-electron chi connectivity index (χ3n) is 3.58. The van der Waals surface area contributed by atoms with Crippen LogP contribution in [0.2, 0.25) is 0 Å². The van der Waals surface area contributed by atoms with Crippen molar-refractivity contribution in [2.75, 3.05) is 18.0 Å². The molecular formula is C16H20N2O2. The largest absolute Gasteiger partial charge is 0.371 e. The first-order valence-corrected chi connectivity index (χ1v) is 7.10. The van der Waals surface area contributed by atoms with Crippen LogP contribution in [0.1, 0.15) is 26.7 Å². The maximum atomic E-state index is 11.1. The van der Waals surface area contributed by atoms with Crippen LogP contribution in [0.25, 0.3) is 10.8 Å². The van der Waals surface area contributed by atoms with E-state index in [-0.39, 0.29) is 10.6 Å². The molecule has 2 rings (SSSR count). The summed E-state index contributed by atoms with van der Waals surface area (Å²) >= 11 is 0. The number of hydrogen-bond acceptors (Lipinski definition) is 3. The van der Waals surface area contributed by atoms with Crippen molar-refractivity contribution in [3.63, 3.8) is 0 Å². The highest BCUT2D eigenvalue weighted by Crippen LogP contribution is 2.33. The van der Waals surface area contributed by atoms with Gasteiger partial charge in [0.15, 0.2) is 0 Å². The molecule has 2 aromatic carbocycles. The summed E-state index contributed by atoms with van der Waals surface area (Å²) in [6, 6.07) is 11.1. The predicted molar refractivity (Wildman–Crippen MR) is 83.4 cm³/mol. The molecule has 0 saturated carbocycles. The number of rotatable bonds is 6. The number of nitrogens with zero attached hydrogens (tertiary/aromatic N) is 2. The average Bonchev–Trinajstić information content (AvgIpc) is 2.47. The topological polar surface area (TPSA) is 46.4 Å². The molecule has 20 heavy (non-hydrogen) atoms. The van der Waals surface area contributed by atoms with Crippen LogP contribution in [0.3, 0.4) is 0 Å². The standard InChI is InChI=1S/C16H20N2O2/c1-3-5-12-17(4-2)15-10-11-16(18(19)20)14-9-7-6-8-13(14)15/h6-11H,3-5,12H2,1-2H3. The average molecular weight is 272 g/mol. The van der Waals surface area contributed by atoms with Crippen LogP contribution in [0, 0.1) is 10.1 Å². The molecule has 0 bridgehead atoms. The van der Waals surface area contributed by atoms with Crippen molar-refractivity contribution < 1.29 is 4.92 Å². The van der Waals surface area contributed by atoms with E-state index in [2.05, 4.69) is 18.7 Å². The molecule has 0 saturated heterocycles. The second kappa shape index (κ2) is 6.37. The Morgan fingerprint density at radius 1 is 1.10 bits per heavy atom. The Kier molecular flexibility index (Phi) is 4.56. The molecule has 106 valence electrons. The molecule has 4 nitrogen and oxygen atoms in total. The van der Waals surface area contributed by atoms with Gasteiger partial charge in [0.05, 0.1) is 10.3 Å². The lowest BCUT2D eigenvalue weighted by molar-refractivity contribution is -0.383. The molecule has 0 unspecified atom stereocenters. The zero-order chi connectivity index (χ0) is 14.5. The molecule has 0 heterocycles. The number of non-ortho nitro benzene ring substituents is 1. The lowest BCUT2D eigenvalue weighted by Gasteiger charge is -2.24. The Bertz CT molecular complexity index is 610. The molecule has 0 aliphatic carbocycles. The van der Waals surface area contributed by atoms with Gasteiger partial charge in [-0.1, -0.05) is 31.5 Å². The van der Waals surface area contributed by atoms with Crippen LogP contribution in [0.4, 0.5) is 11.4 Å². The van der Waals surface area contributed by atoms with Crippen LogP contribution in [-0.4, -0.2) is 18.0 Å². The molecule has 0 atom stereocenters. The maximum Gasteiger partial charge on any atom is 0.277 e. The summed E-state index contributed by atoms with van der Waals surface area (Å²) < 4.78 is 0. The lowest BCUT2D eigenvalue weighted by Crippen LogP contribution is -2.24. The first kappa shape index (κ1) is 14.3. The van der Waals surface area contributed by atoms with Gasteiger partial charge in [-0.3, -0.25) is 10.1 Å². The van der Waals surface area contributed by atoms with Gasteiger partial charge in [0.1, 0.15) is 0 Å². The first-order chi connectivity index (χ1) is 9.69. The molecule has 0 radical (unpaired) electrons. The summed E-state index contributed by atoms with van der Waals surface area (Å²) in [5.74, 6) is 0. The number of nitro benzene ring substituents is 1. The van der Waals surface area contributed by atoms with E-state index in [0.717, 1.165) is 37.0 Å². The summed E-state index contributed by atoms with van der Waals surface area (Å²) in [6.45, 7) is 6.17. The highest BCUT2D eigenvalue weighted by atomic mass is 16.6. The van der Waals surface area contributed by atoms with Crippen LogP contribution in [-0.2, 0) is 0 Å². The Morgan fingerprint density at radius 2 is 1.80 bits per heavy atom. The minimum atomic E-state index is -0.311. The second-order valence-electron chi connectivity index (χ2n) is 4.84. The fourth-order valence-electron chi connectivity index (χ4n) is 2.50. The molecule has 0 aliphatic rings. The third-order valence-corrected chi connectivity index (χ3v) is 3.58. The third kappa shape index (κ3) is 2.74. The van der Waals surface area contributed by atoms with Crippen LogP contribution < -0.4 is 4.90 Å². The quantitative estimate of drug-likeness (QED) is 0.579. The zero-order valence-electron chi connectivity index (χ0n) is 12.0. The van der Waals surface area contributed by atoms with E-state index in [1.807, 2.05) is 30.3 Å². The summed E-state index contributed by atoms with van der Waals surface area (Å²) in [7, 11) is 0. The molecule has 2 aromatic rings. The number of nitro groups is 1. The number of hydrogen-bond donors (Lipinski definition) is 0. The molecule has 0 N–H and O–H groups in total. The van der Waals surface area contributed by atoms with Crippen LogP contribution in [0.15, 0.2) is 36.4 Å². The predicted octanol–water partition coefficient (Wildman–Crippen LogP) is 4.37. The normalized spacial score (nSPS) is 10.7. The Hall–Kier alpha value is -2.10. The zero-order valence-corrected chi connectivity index (χ0v) is 12.0. The van der Waals surface area contributed by atoms with Gasteiger partial charge in [-0.25, -0.2) is 0 Å². The highest BCUT2D eigenvalue weighted by molar-refractivity contribution is 6.00. The molecule has 0 fully saturated rings. The summed E-state index contributed by atoms with van der Waals surface area (Å²) in [6.07, 6.45) is 2.26. The van der Waals surface area contributed by atoms with E-state index < -0.39 is 0 Å².